The van der Waals surface area contributed by atoms with Crippen LogP contribution in [0.1, 0.15) is 11.5 Å². The van der Waals surface area contributed by atoms with E-state index in [2.05, 4.69) is 20.3 Å². The zero-order chi connectivity index (χ0) is 16.9. The minimum atomic E-state index is -0.418. The third-order valence-corrected chi connectivity index (χ3v) is 4.04. The van der Waals surface area contributed by atoms with E-state index < -0.39 is 5.82 Å². The number of amides is 1. The second-order valence-corrected chi connectivity index (χ2v) is 6.01. The molecule has 0 saturated carbocycles. The summed E-state index contributed by atoms with van der Waals surface area (Å²) < 4.78 is 18.6. The van der Waals surface area contributed by atoms with Gasteiger partial charge in [-0.05, 0) is 19.1 Å². The molecule has 2 aromatic rings. The fourth-order valence-electron chi connectivity index (χ4n) is 2.78. The predicted molar refractivity (Wildman–Crippen MR) is 88.0 cm³/mol. The van der Waals surface area contributed by atoms with Crippen molar-refractivity contribution in [3.05, 3.63) is 47.6 Å². The molecule has 0 spiro atoms. The van der Waals surface area contributed by atoms with Crippen molar-refractivity contribution in [2.24, 2.45) is 0 Å². The third-order valence-electron chi connectivity index (χ3n) is 4.04. The smallest absolute Gasteiger partial charge is 0.238 e. The Morgan fingerprint density at radius 3 is 2.62 bits per heavy atom. The van der Waals surface area contributed by atoms with Gasteiger partial charge in [-0.1, -0.05) is 17.3 Å². The summed E-state index contributed by atoms with van der Waals surface area (Å²) in [5, 5.41) is 6.62. The second kappa shape index (κ2) is 7.55. The number of aromatic nitrogens is 1. The van der Waals surface area contributed by atoms with E-state index in [-0.39, 0.29) is 18.1 Å². The minimum absolute atomic E-state index is 0.194. The number of para-hydroxylation sites is 1. The van der Waals surface area contributed by atoms with E-state index in [0.29, 0.717) is 0 Å². The van der Waals surface area contributed by atoms with Crippen LogP contribution in [-0.2, 0) is 11.3 Å². The third kappa shape index (κ3) is 4.39. The fourth-order valence-corrected chi connectivity index (χ4v) is 2.78. The van der Waals surface area contributed by atoms with Crippen LogP contribution in [0.4, 0.5) is 10.1 Å². The normalized spacial score (nSPS) is 16.2. The summed E-state index contributed by atoms with van der Waals surface area (Å²) in [5.74, 6) is 0.202. The predicted octanol–water partition coefficient (Wildman–Crippen LogP) is 1.88. The number of rotatable bonds is 5. The maximum absolute atomic E-state index is 13.5. The van der Waals surface area contributed by atoms with E-state index in [4.69, 9.17) is 4.52 Å². The van der Waals surface area contributed by atoms with Crippen LogP contribution in [0.25, 0.3) is 0 Å². The number of carbonyl (C=O) groups excluding carboxylic acids is 1. The summed E-state index contributed by atoms with van der Waals surface area (Å²) in [5.41, 5.74) is 1.15. The van der Waals surface area contributed by atoms with Crippen LogP contribution in [0.5, 0.6) is 0 Å². The van der Waals surface area contributed by atoms with Crippen molar-refractivity contribution in [1.82, 2.24) is 15.0 Å². The molecular weight excluding hydrogens is 311 g/mol. The topological polar surface area (TPSA) is 61.6 Å². The summed E-state index contributed by atoms with van der Waals surface area (Å²) in [6, 6.07) is 8.13. The number of aryl methyl sites for hydroxylation is 1. The summed E-state index contributed by atoms with van der Waals surface area (Å²) in [4.78, 5) is 16.4. The Bertz CT molecular complexity index is 695. The average molecular weight is 332 g/mol. The molecule has 3 rings (SSSR count). The number of halogens is 1. The zero-order valence-corrected chi connectivity index (χ0v) is 13.7. The highest BCUT2D eigenvalue weighted by molar-refractivity contribution is 5.92. The molecular formula is C17H21FN4O2. The molecule has 1 saturated heterocycles. The molecule has 0 aliphatic carbocycles. The van der Waals surface area contributed by atoms with Crippen molar-refractivity contribution in [1.29, 1.82) is 0 Å². The van der Waals surface area contributed by atoms with Gasteiger partial charge in [0.05, 0.1) is 17.9 Å². The first kappa shape index (κ1) is 16.6. The van der Waals surface area contributed by atoms with Crippen molar-refractivity contribution < 1.29 is 13.7 Å². The standard InChI is InChI=1S/C17H21FN4O2/c1-13-10-14(20-24-13)11-21-6-8-22(9-7-21)12-17(23)19-16-5-3-2-4-15(16)18/h2-5,10H,6-9,11-12H2,1H3,(H,19,23). The monoisotopic (exact) mass is 332 g/mol. The summed E-state index contributed by atoms with van der Waals surface area (Å²) in [6.07, 6.45) is 0. The van der Waals surface area contributed by atoms with E-state index in [1.54, 1.807) is 18.2 Å². The molecule has 7 heteroatoms. The van der Waals surface area contributed by atoms with Gasteiger partial charge < -0.3 is 9.84 Å². The van der Waals surface area contributed by atoms with Gasteiger partial charge in [-0.3, -0.25) is 14.6 Å². The molecule has 2 heterocycles. The maximum Gasteiger partial charge on any atom is 0.238 e. The van der Waals surface area contributed by atoms with Crippen molar-refractivity contribution in [3.63, 3.8) is 0 Å². The van der Waals surface area contributed by atoms with E-state index in [1.165, 1.54) is 6.07 Å². The second-order valence-electron chi connectivity index (χ2n) is 6.01. The molecule has 128 valence electrons. The molecule has 0 radical (unpaired) electrons. The van der Waals surface area contributed by atoms with Gasteiger partial charge in [0.2, 0.25) is 5.91 Å². The maximum atomic E-state index is 13.5. The van der Waals surface area contributed by atoms with Crippen LogP contribution in [0.2, 0.25) is 0 Å². The van der Waals surface area contributed by atoms with Crippen LogP contribution in [0.3, 0.4) is 0 Å². The van der Waals surface area contributed by atoms with Gasteiger partial charge in [0.1, 0.15) is 11.6 Å². The number of piperazine rings is 1. The molecule has 1 aliphatic heterocycles. The highest BCUT2D eigenvalue weighted by Gasteiger charge is 2.20. The van der Waals surface area contributed by atoms with Gasteiger partial charge in [0.15, 0.2) is 0 Å². The molecule has 1 aliphatic rings. The fraction of sp³-hybridized carbons (Fsp3) is 0.412. The van der Waals surface area contributed by atoms with Crippen LogP contribution < -0.4 is 5.32 Å². The number of anilines is 1. The van der Waals surface area contributed by atoms with Crippen molar-refractivity contribution in [2.45, 2.75) is 13.5 Å². The van der Waals surface area contributed by atoms with Gasteiger partial charge in [-0.25, -0.2) is 4.39 Å². The van der Waals surface area contributed by atoms with Crippen molar-refractivity contribution in [3.8, 4) is 0 Å². The molecule has 6 nitrogen and oxygen atoms in total. The highest BCUT2D eigenvalue weighted by Crippen LogP contribution is 2.13. The van der Waals surface area contributed by atoms with Crippen LogP contribution in [0, 0.1) is 12.7 Å². The van der Waals surface area contributed by atoms with Gasteiger partial charge in [-0.2, -0.15) is 0 Å². The van der Waals surface area contributed by atoms with Crippen LogP contribution in [-0.4, -0.2) is 53.6 Å². The van der Waals surface area contributed by atoms with Crippen molar-refractivity contribution in [2.75, 3.05) is 38.0 Å². The highest BCUT2D eigenvalue weighted by atomic mass is 19.1. The Labute approximate surface area is 140 Å². The molecule has 1 amide bonds. The molecule has 1 aromatic heterocycles. The number of nitrogens with zero attached hydrogens (tertiary/aromatic N) is 3. The number of hydrogen-bond donors (Lipinski definition) is 1. The Balaban J connectivity index is 1.43. The molecule has 1 N–H and O–H groups in total. The first-order valence-corrected chi connectivity index (χ1v) is 8.01. The molecule has 0 unspecified atom stereocenters. The van der Waals surface area contributed by atoms with Gasteiger partial charge >= 0.3 is 0 Å². The molecule has 0 atom stereocenters. The van der Waals surface area contributed by atoms with Gasteiger partial charge in [0, 0.05) is 38.8 Å². The lowest BCUT2D eigenvalue weighted by molar-refractivity contribution is -0.117. The minimum Gasteiger partial charge on any atom is -0.361 e. The van der Waals surface area contributed by atoms with E-state index in [9.17, 15) is 9.18 Å². The summed E-state index contributed by atoms with van der Waals surface area (Å²) in [7, 11) is 0. The molecule has 1 aromatic carbocycles. The average Bonchev–Trinajstić information content (AvgIpc) is 2.96. The Morgan fingerprint density at radius 2 is 1.96 bits per heavy atom. The lowest BCUT2D eigenvalue weighted by Crippen LogP contribution is -2.48. The SMILES string of the molecule is Cc1cc(CN2CCN(CC(=O)Nc3ccccc3F)CC2)no1. The number of nitrogens with one attached hydrogen (secondary N) is 1. The van der Waals surface area contributed by atoms with Gasteiger partial charge in [0.25, 0.3) is 0 Å². The number of carbonyl (C=O) groups is 1. The zero-order valence-electron chi connectivity index (χ0n) is 13.7. The number of hydrogen-bond acceptors (Lipinski definition) is 5. The number of benzene rings is 1. The first-order valence-electron chi connectivity index (χ1n) is 8.01. The van der Waals surface area contributed by atoms with Crippen molar-refractivity contribution >= 4 is 11.6 Å². The molecule has 24 heavy (non-hydrogen) atoms. The van der Waals surface area contributed by atoms with E-state index in [1.807, 2.05) is 13.0 Å². The van der Waals surface area contributed by atoms with Crippen LogP contribution >= 0.6 is 0 Å². The van der Waals surface area contributed by atoms with E-state index in [0.717, 1.165) is 44.2 Å². The Morgan fingerprint density at radius 1 is 1.25 bits per heavy atom. The lowest BCUT2D eigenvalue weighted by atomic mass is 10.2. The lowest BCUT2D eigenvalue weighted by Gasteiger charge is -2.33. The van der Waals surface area contributed by atoms with Gasteiger partial charge in [-0.15, -0.1) is 0 Å². The van der Waals surface area contributed by atoms with Crippen LogP contribution in [0.15, 0.2) is 34.9 Å². The molecule has 1 fully saturated rings. The van der Waals surface area contributed by atoms with E-state index >= 15 is 0 Å². The molecule has 0 bridgehead atoms. The first-order chi connectivity index (χ1) is 11.6. The Hall–Kier alpha value is -2.25. The Kier molecular flexibility index (Phi) is 5.22. The summed E-state index contributed by atoms with van der Waals surface area (Å²) >= 11 is 0. The summed E-state index contributed by atoms with van der Waals surface area (Å²) in [6.45, 7) is 6.21. The largest absolute Gasteiger partial charge is 0.361 e. The quantitative estimate of drug-likeness (QED) is 0.906.